The van der Waals surface area contributed by atoms with Gasteiger partial charge in [0.2, 0.25) is 0 Å². The summed E-state index contributed by atoms with van der Waals surface area (Å²) in [6.07, 6.45) is 0. The van der Waals surface area contributed by atoms with Gasteiger partial charge in [0.25, 0.3) is 15.9 Å². The van der Waals surface area contributed by atoms with Gasteiger partial charge >= 0.3 is 5.69 Å². The van der Waals surface area contributed by atoms with Gasteiger partial charge < -0.3 is 14.9 Å². The maximum atomic E-state index is 13.3. The molecule has 10 heteroatoms. The van der Waals surface area contributed by atoms with Crippen LogP contribution in [-0.2, 0) is 16.6 Å². The van der Waals surface area contributed by atoms with E-state index >= 15 is 0 Å². The zero-order valence-electron chi connectivity index (χ0n) is 18.9. The van der Waals surface area contributed by atoms with E-state index in [0.29, 0.717) is 29.7 Å². The molecule has 3 N–H and O–H groups in total. The first kappa shape index (κ1) is 22.9. The van der Waals surface area contributed by atoms with Gasteiger partial charge in [-0.25, -0.2) is 13.2 Å². The Bertz CT molecular complexity index is 1520. The van der Waals surface area contributed by atoms with Crippen molar-refractivity contribution in [3.8, 4) is 0 Å². The van der Waals surface area contributed by atoms with Crippen molar-refractivity contribution in [3.05, 3.63) is 94.4 Å². The predicted octanol–water partition coefficient (Wildman–Crippen LogP) is 2.62. The van der Waals surface area contributed by atoms with E-state index in [2.05, 4.69) is 31.7 Å². The second-order valence-corrected chi connectivity index (χ2v) is 10.2. The van der Waals surface area contributed by atoms with Gasteiger partial charge in [-0.1, -0.05) is 42.5 Å². The molecule has 9 nitrogen and oxygen atoms in total. The summed E-state index contributed by atoms with van der Waals surface area (Å²) in [4.78, 5) is 34.0. The number of fused-ring (bicyclic) bond motifs is 1. The van der Waals surface area contributed by atoms with E-state index in [1.54, 1.807) is 29.2 Å². The van der Waals surface area contributed by atoms with Crippen molar-refractivity contribution in [3.63, 3.8) is 0 Å². The highest BCUT2D eigenvalue weighted by Crippen LogP contribution is 2.23. The standard InChI is InChI=1S/C25H25N5O4S/c31-24(30-14-12-29(13-15-30)17-18-6-2-1-3-7-18)20-8-4-5-9-21(20)28-35(33,34)19-10-11-22-23(16-19)27-25(32)26-22/h1-11,16,28H,12-15,17H2,(H2,26,27,32). The third-order valence-corrected chi connectivity index (χ3v) is 7.47. The minimum atomic E-state index is -3.99. The van der Waals surface area contributed by atoms with E-state index in [0.717, 1.165) is 19.6 Å². The number of hydrogen-bond donors (Lipinski definition) is 3. The summed E-state index contributed by atoms with van der Waals surface area (Å²) in [5.74, 6) is -0.215. The number of imidazole rings is 1. The number of benzene rings is 3. The molecule has 0 atom stereocenters. The Morgan fingerprint density at radius 2 is 1.54 bits per heavy atom. The molecule has 1 fully saturated rings. The summed E-state index contributed by atoms with van der Waals surface area (Å²) >= 11 is 0. The van der Waals surface area contributed by atoms with Gasteiger partial charge in [0.1, 0.15) is 0 Å². The first-order chi connectivity index (χ1) is 16.9. The third kappa shape index (κ3) is 4.98. The maximum Gasteiger partial charge on any atom is 0.323 e. The Labute approximate surface area is 202 Å². The van der Waals surface area contributed by atoms with Crippen LogP contribution in [0.1, 0.15) is 15.9 Å². The molecule has 0 saturated carbocycles. The minimum Gasteiger partial charge on any atom is -0.336 e. The smallest absolute Gasteiger partial charge is 0.323 e. The van der Waals surface area contributed by atoms with Crippen molar-refractivity contribution in [2.45, 2.75) is 11.4 Å². The number of carbonyl (C=O) groups excluding carboxylic acids is 1. The van der Waals surface area contributed by atoms with Gasteiger partial charge in [-0.3, -0.25) is 14.4 Å². The second-order valence-electron chi connectivity index (χ2n) is 8.49. The maximum absolute atomic E-state index is 13.3. The van der Waals surface area contributed by atoms with Crippen LogP contribution in [0, 0.1) is 0 Å². The molecule has 1 amide bonds. The molecule has 4 aromatic rings. The third-order valence-electron chi connectivity index (χ3n) is 6.11. The zero-order valence-corrected chi connectivity index (χ0v) is 19.7. The summed E-state index contributed by atoms with van der Waals surface area (Å²) in [6.45, 7) is 3.43. The zero-order chi connectivity index (χ0) is 24.4. The highest BCUT2D eigenvalue weighted by molar-refractivity contribution is 7.92. The van der Waals surface area contributed by atoms with E-state index in [1.165, 1.54) is 23.8 Å². The number of anilines is 1. The molecule has 0 radical (unpaired) electrons. The van der Waals surface area contributed by atoms with Crippen LogP contribution in [0.3, 0.4) is 0 Å². The first-order valence-corrected chi connectivity index (χ1v) is 12.8. The van der Waals surface area contributed by atoms with Gasteiger partial charge in [-0.2, -0.15) is 0 Å². The topological polar surface area (TPSA) is 118 Å². The average molecular weight is 492 g/mol. The SMILES string of the molecule is O=C(c1ccccc1NS(=O)(=O)c1ccc2[nH]c(=O)[nH]c2c1)N1CCN(Cc2ccccc2)CC1. The van der Waals surface area contributed by atoms with Gasteiger partial charge in [-0.05, 0) is 35.9 Å². The number of H-pyrrole nitrogens is 2. The highest BCUT2D eigenvalue weighted by Gasteiger charge is 2.25. The highest BCUT2D eigenvalue weighted by atomic mass is 32.2. The van der Waals surface area contributed by atoms with Crippen molar-refractivity contribution in [2.75, 3.05) is 30.9 Å². The molecule has 1 aliphatic rings. The number of carbonyl (C=O) groups is 1. The van der Waals surface area contributed by atoms with E-state index in [1.807, 2.05) is 18.2 Å². The number of sulfonamides is 1. The van der Waals surface area contributed by atoms with Gasteiger partial charge in [-0.15, -0.1) is 0 Å². The summed E-state index contributed by atoms with van der Waals surface area (Å²) in [7, 11) is -3.99. The van der Waals surface area contributed by atoms with Crippen molar-refractivity contribution in [1.29, 1.82) is 0 Å². The molecule has 180 valence electrons. The monoisotopic (exact) mass is 491 g/mol. The van der Waals surface area contributed by atoms with Crippen molar-refractivity contribution in [2.24, 2.45) is 0 Å². The number of piperazine rings is 1. The van der Waals surface area contributed by atoms with E-state index in [4.69, 9.17) is 0 Å². The van der Waals surface area contributed by atoms with Crippen LogP contribution in [0.4, 0.5) is 5.69 Å². The lowest BCUT2D eigenvalue weighted by molar-refractivity contribution is 0.0629. The lowest BCUT2D eigenvalue weighted by atomic mass is 10.1. The first-order valence-electron chi connectivity index (χ1n) is 11.3. The van der Waals surface area contributed by atoms with Crippen molar-refractivity contribution < 1.29 is 13.2 Å². The van der Waals surface area contributed by atoms with Gasteiger partial charge in [0, 0.05) is 32.7 Å². The van der Waals surface area contributed by atoms with Crippen LogP contribution in [-0.4, -0.2) is 60.3 Å². The van der Waals surface area contributed by atoms with Crippen LogP contribution < -0.4 is 10.4 Å². The molecule has 0 unspecified atom stereocenters. The molecular weight excluding hydrogens is 466 g/mol. The average Bonchev–Trinajstić information content (AvgIpc) is 3.24. The van der Waals surface area contributed by atoms with Crippen LogP contribution in [0.2, 0.25) is 0 Å². The molecule has 5 rings (SSSR count). The largest absolute Gasteiger partial charge is 0.336 e. The molecule has 0 aliphatic carbocycles. The quantitative estimate of drug-likeness (QED) is 0.383. The minimum absolute atomic E-state index is 0.0166. The molecule has 3 aromatic carbocycles. The number of aromatic amines is 2. The van der Waals surface area contributed by atoms with Crippen molar-refractivity contribution >= 4 is 32.7 Å². The van der Waals surface area contributed by atoms with E-state index in [9.17, 15) is 18.0 Å². The number of aromatic nitrogens is 2. The van der Waals surface area contributed by atoms with Crippen LogP contribution in [0.5, 0.6) is 0 Å². The number of nitrogens with one attached hydrogen (secondary N) is 3. The summed E-state index contributed by atoms with van der Waals surface area (Å²) in [5.41, 5.74) is 2.22. The predicted molar refractivity (Wildman–Crippen MR) is 134 cm³/mol. The number of para-hydroxylation sites is 1. The molecule has 1 aliphatic heterocycles. The Morgan fingerprint density at radius 3 is 2.31 bits per heavy atom. The van der Waals surface area contributed by atoms with Gasteiger partial charge in [0.15, 0.2) is 0 Å². The Balaban J connectivity index is 1.30. The number of nitrogens with zero attached hydrogens (tertiary/aromatic N) is 2. The Hall–Kier alpha value is -3.89. The molecule has 0 spiro atoms. The number of hydrogen-bond acceptors (Lipinski definition) is 5. The summed E-state index contributed by atoms with van der Waals surface area (Å²) in [6, 6.07) is 21.1. The molecule has 1 saturated heterocycles. The molecule has 35 heavy (non-hydrogen) atoms. The van der Waals surface area contributed by atoms with E-state index in [-0.39, 0.29) is 16.5 Å². The number of amides is 1. The second kappa shape index (κ2) is 9.40. The lowest BCUT2D eigenvalue weighted by Gasteiger charge is -2.35. The number of rotatable bonds is 6. The lowest BCUT2D eigenvalue weighted by Crippen LogP contribution is -2.48. The fourth-order valence-electron chi connectivity index (χ4n) is 4.26. The van der Waals surface area contributed by atoms with Crippen molar-refractivity contribution in [1.82, 2.24) is 19.8 Å². The summed E-state index contributed by atoms with van der Waals surface area (Å²) in [5, 5.41) is 0. The Kier molecular flexibility index (Phi) is 6.14. The molecule has 2 heterocycles. The molecule has 1 aromatic heterocycles. The molecule has 0 bridgehead atoms. The normalized spacial score (nSPS) is 14.8. The fraction of sp³-hybridized carbons (Fsp3) is 0.200. The van der Waals surface area contributed by atoms with Crippen LogP contribution in [0.25, 0.3) is 11.0 Å². The summed E-state index contributed by atoms with van der Waals surface area (Å²) < 4.78 is 28.7. The fourth-order valence-corrected chi connectivity index (χ4v) is 5.37. The van der Waals surface area contributed by atoms with Crippen LogP contribution >= 0.6 is 0 Å². The van der Waals surface area contributed by atoms with Gasteiger partial charge in [0.05, 0.1) is 27.2 Å². The van der Waals surface area contributed by atoms with Crippen LogP contribution in [0.15, 0.2) is 82.5 Å². The Morgan fingerprint density at radius 1 is 0.857 bits per heavy atom. The van der Waals surface area contributed by atoms with E-state index < -0.39 is 15.7 Å². The molecular formula is C25H25N5O4S.